The Kier molecular flexibility index (Phi) is 11.9. The number of nitriles is 1. The highest BCUT2D eigenvalue weighted by atomic mass is 19.4. The molecule has 1 aliphatic heterocycles. The Hall–Kier alpha value is -4.28. The molecule has 0 amide bonds. The van der Waals surface area contributed by atoms with Crippen LogP contribution in [0.3, 0.4) is 0 Å². The third kappa shape index (κ3) is 10.1. The second-order valence-electron chi connectivity index (χ2n) is 11.0. The fraction of sp³-hybridized carbons (Fsp3) is 0.394. The second-order valence-corrected chi connectivity index (χ2v) is 11.0. The summed E-state index contributed by atoms with van der Waals surface area (Å²) in [7, 11) is 0. The monoisotopic (exact) mass is 647 g/mol. The van der Waals surface area contributed by atoms with Crippen molar-refractivity contribution in [1.82, 2.24) is 10.3 Å². The van der Waals surface area contributed by atoms with Crippen LogP contribution in [0.25, 0.3) is 0 Å². The fourth-order valence-electron chi connectivity index (χ4n) is 5.17. The van der Waals surface area contributed by atoms with Gasteiger partial charge in [-0.15, -0.1) is 0 Å². The van der Waals surface area contributed by atoms with E-state index < -0.39 is 54.4 Å². The van der Waals surface area contributed by atoms with E-state index >= 15 is 0 Å². The third-order valence-electron chi connectivity index (χ3n) is 7.64. The molecule has 2 aromatic carbocycles. The van der Waals surface area contributed by atoms with Crippen molar-refractivity contribution in [2.45, 2.75) is 62.8 Å². The van der Waals surface area contributed by atoms with Crippen molar-refractivity contribution in [3.8, 4) is 6.07 Å². The van der Waals surface area contributed by atoms with Crippen molar-refractivity contribution in [2.24, 2.45) is 0 Å². The highest BCUT2D eigenvalue weighted by molar-refractivity contribution is 5.82. The van der Waals surface area contributed by atoms with Gasteiger partial charge in [0.2, 0.25) is 0 Å². The Morgan fingerprint density at radius 2 is 1.78 bits per heavy atom. The first kappa shape index (κ1) is 34.6. The number of nitrogens with zero attached hydrogens (tertiary/aromatic N) is 2. The van der Waals surface area contributed by atoms with Gasteiger partial charge in [0.25, 0.3) is 0 Å². The van der Waals surface area contributed by atoms with E-state index in [1.807, 2.05) is 6.07 Å². The highest BCUT2D eigenvalue weighted by Crippen LogP contribution is 2.31. The second kappa shape index (κ2) is 15.8. The number of nitrogens with one attached hydrogen (secondary N) is 1. The Labute approximate surface area is 261 Å². The van der Waals surface area contributed by atoms with Crippen LogP contribution < -0.4 is 5.32 Å². The lowest BCUT2D eigenvalue weighted by Crippen LogP contribution is -2.49. The lowest BCUT2D eigenvalue weighted by molar-refractivity contribution is -0.158. The number of carbonyl (C=O) groups is 2. The molecule has 1 aromatic heterocycles. The lowest BCUT2D eigenvalue weighted by atomic mass is 9.85. The smallest absolute Gasteiger partial charge is 0.389 e. The molecule has 3 aromatic rings. The largest absolute Gasteiger partial charge is 0.464 e. The normalized spacial score (nSPS) is 17.2. The Balaban J connectivity index is 1.35. The maximum Gasteiger partial charge on any atom is 0.389 e. The molecule has 0 bridgehead atoms. The number of aromatic nitrogens is 1. The van der Waals surface area contributed by atoms with E-state index in [1.54, 1.807) is 24.3 Å². The Morgan fingerprint density at radius 1 is 1.04 bits per heavy atom. The van der Waals surface area contributed by atoms with Gasteiger partial charge in [0.05, 0.1) is 49.4 Å². The van der Waals surface area contributed by atoms with Crippen LogP contribution in [0.15, 0.2) is 54.9 Å². The number of ether oxygens (including phenoxy) is 2. The summed E-state index contributed by atoms with van der Waals surface area (Å²) in [5.74, 6) is -4.59. The van der Waals surface area contributed by atoms with E-state index in [1.165, 1.54) is 12.3 Å². The molecule has 0 saturated carbocycles. The number of pyridine rings is 1. The van der Waals surface area contributed by atoms with Gasteiger partial charge in [-0.2, -0.15) is 18.4 Å². The summed E-state index contributed by atoms with van der Waals surface area (Å²) in [6, 6.07) is 11.4. The number of esters is 1. The number of morpholine rings is 1. The predicted molar refractivity (Wildman–Crippen MR) is 153 cm³/mol. The average molecular weight is 648 g/mol. The number of benzene rings is 2. The van der Waals surface area contributed by atoms with Crippen LogP contribution in [-0.4, -0.2) is 54.8 Å². The van der Waals surface area contributed by atoms with Gasteiger partial charge in [-0.1, -0.05) is 18.2 Å². The molecule has 1 aliphatic rings. The van der Waals surface area contributed by atoms with E-state index in [2.05, 4.69) is 10.3 Å². The van der Waals surface area contributed by atoms with Crippen molar-refractivity contribution in [3.63, 3.8) is 0 Å². The number of hydrogen-bond donors (Lipinski definition) is 1. The Bertz CT molecular complexity index is 1550. The van der Waals surface area contributed by atoms with Gasteiger partial charge >= 0.3 is 12.1 Å². The van der Waals surface area contributed by atoms with Crippen LogP contribution in [-0.2, 0) is 31.9 Å². The number of Topliss-reactive ketones (excluding diaryl/α,β-unsaturated/α-hetero) is 1. The number of carbonyl (C=O) groups excluding carboxylic acids is 2. The van der Waals surface area contributed by atoms with Gasteiger partial charge in [-0.25, -0.2) is 13.2 Å². The first-order valence-corrected chi connectivity index (χ1v) is 14.6. The fourth-order valence-corrected chi connectivity index (χ4v) is 5.17. The maximum absolute atomic E-state index is 14.9. The number of halogens is 6. The summed E-state index contributed by atoms with van der Waals surface area (Å²) in [6.45, 7) is 0.303. The van der Waals surface area contributed by atoms with E-state index in [0.29, 0.717) is 35.2 Å². The molecule has 46 heavy (non-hydrogen) atoms. The number of hydrogen-bond acceptors (Lipinski definition) is 7. The molecule has 0 radical (unpaired) electrons. The summed E-state index contributed by atoms with van der Waals surface area (Å²) < 4.78 is 90.2. The number of ketones is 1. The summed E-state index contributed by atoms with van der Waals surface area (Å²) in [5, 5.41) is 12.2. The quantitative estimate of drug-likeness (QED) is 0.183. The topological polar surface area (TPSA) is 101 Å². The van der Waals surface area contributed by atoms with Crippen molar-refractivity contribution >= 4 is 11.8 Å². The zero-order chi connectivity index (χ0) is 33.3. The van der Waals surface area contributed by atoms with Crippen molar-refractivity contribution in [1.29, 1.82) is 5.26 Å². The SMILES string of the molecule is N#Cc1ccc([C@@H](CC(=O)Cc2cncc(F)c2CC[C@@H]2CN[C@H](COC(=O)CCC(F)(F)F)CO2)c2ccc(F)c(F)c2)cc1. The minimum Gasteiger partial charge on any atom is -0.464 e. The molecular weight excluding hydrogens is 616 g/mol. The molecule has 1 fully saturated rings. The maximum atomic E-state index is 14.9. The van der Waals surface area contributed by atoms with Crippen LogP contribution >= 0.6 is 0 Å². The molecule has 1 N–H and O–H groups in total. The highest BCUT2D eigenvalue weighted by Gasteiger charge is 2.29. The summed E-state index contributed by atoms with van der Waals surface area (Å²) in [5.41, 5.74) is 2.04. The van der Waals surface area contributed by atoms with E-state index in [-0.39, 0.29) is 49.9 Å². The minimum absolute atomic E-state index is 0.106. The van der Waals surface area contributed by atoms with Gasteiger partial charge in [0.15, 0.2) is 11.6 Å². The van der Waals surface area contributed by atoms with Gasteiger partial charge < -0.3 is 14.8 Å². The standard InChI is InChI=1S/C33H31F6N3O4/c34-29-8-5-22(12-30(29)35)28(21-3-1-20(14-40)2-4-21)13-25(43)11-23-15-41-17-31(36)27(23)7-6-26-16-42-24(18-45-26)19-46-32(44)9-10-33(37,38)39/h1-5,8,12,15,17,24,26,28,42H,6-7,9-11,13,16,18-19H2/t24-,26+,28+/m0/s1. The molecule has 4 rings (SSSR count). The molecule has 0 spiro atoms. The van der Waals surface area contributed by atoms with Crippen LogP contribution in [0, 0.1) is 28.8 Å². The summed E-state index contributed by atoms with van der Waals surface area (Å²) >= 11 is 0. The molecule has 0 unspecified atom stereocenters. The molecule has 7 nitrogen and oxygen atoms in total. The summed E-state index contributed by atoms with van der Waals surface area (Å²) in [4.78, 5) is 28.8. The van der Waals surface area contributed by atoms with E-state index in [4.69, 9.17) is 14.7 Å². The molecule has 1 saturated heterocycles. The minimum atomic E-state index is -4.45. The van der Waals surface area contributed by atoms with Crippen LogP contribution in [0.1, 0.15) is 59.4 Å². The first-order valence-electron chi connectivity index (χ1n) is 14.6. The third-order valence-corrected chi connectivity index (χ3v) is 7.64. The van der Waals surface area contributed by atoms with Gasteiger partial charge in [0.1, 0.15) is 18.2 Å². The van der Waals surface area contributed by atoms with E-state index in [9.17, 15) is 35.9 Å². The van der Waals surface area contributed by atoms with Crippen LogP contribution in [0.2, 0.25) is 0 Å². The van der Waals surface area contributed by atoms with Crippen molar-refractivity contribution in [3.05, 3.63) is 100 Å². The molecular formula is C33H31F6N3O4. The zero-order valence-electron chi connectivity index (χ0n) is 24.6. The molecule has 2 heterocycles. The lowest BCUT2D eigenvalue weighted by Gasteiger charge is -2.30. The Morgan fingerprint density at radius 3 is 2.43 bits per heavy atom. The van der Waals surface area contributed by atoms with E-state index in [0.717, 1.165) is 18.3 Å². The van der Waals surface area contributed by atoms with Gasteiger partial charge in [0, 0.05) is 31.5 Å². The van der Waals surface area contributed by atoms with Gasteiger partial charge in [-0.05, 0) is 59.4 Å². The molecule has 244 valence electrons. The van der Waals surface area contributed by atoms with Crippen molar-refractivity contribution in [2.75, 3.05) is 19.8 Å². The molecule has 0 aliphatic carbocycles. The average Bonchev–Trinajstić information content (AvgIpc) is 3.03. The first-order chi connectivity index (χ1) is 21.9. The predicted octanol–water partition coefficient (Wildman–Crippen LogP) is 5.88. The molecule has 3 atom stereocenters. The molecule has 13 heteroatoms. The zero-order valence-corrected chi connectivity index (χ0v) is 24.6. The number of rotatable bonds is 13. The van der Waals surface area contributed by atoms with Crippen LogP contribution in [0.4, 0.5) is 26.3 Å². The summed E-state index contributed by atoms with van der Waals surface area (Å²) in [6.07, 6.45) is -4.04. The van der Waals surface area contributed by atoms with Crippen LogP contribution in [0.5, 0.6) is 0 Å². The number of alkyl halides is 3. The van der Waals surface area contributed by atoms with Crippen molar-refractivity contribution < 1.29 is 45.4 Å². The van der Waals surface area contributed by atoms with Gasteiger partial charge in [-0.3, -0.25) is 14.6 Å².